The zero-order valence-electron chi connectivity index (χ0n) is 44.2. The van der Waals surface area contributed by atoms with Crippen LogP contribution in [0.3, 0.4) is 0 Å². The first-order chi connectivity index (χ1) is 35.9. The number of Topliss-reactive ketones (excluding diaryl/α,β-unsaturated/α-hetero) is 2. The van der Waals surface area contributed by atoms with Gasteiger partial charge in [-0.1, -0.05) is 26.7 Å². The van der Waals surface area contributed by atoms with E-state index in [1.165, 1.54) is 19.6 Å². The van der Waals surface area contributed by atoms with Crippen LogP contribution in [0, 0.1) is 23.7 Å². The van der Waals surface area contributed by atoms with Gasteiger partial charge >= 0.3 is 31.7 Å². The van der Waals surface area contributed by atoms with Crippen molar-refractivity contribution in [3.05, 3.63) is 0 Å². The Morgan fingerprint density at radius 3 is 1.62 bits per heavy atom. The number of nitrogens with zero attached hydrogens (tertiary/aromatic N) is 5. The van der Waals surface area contributed by atoms with Gasteiger partial charge < -0.3 is 77.8 Å². The topological polar surface area (TPSA) is 443 Å². The van der Waals surface area contributed by atoms with Crippen molar-refractivity contribution in [3.63, 3.8) is 0 Å². The summed E-state index contributed by atoms with van der Waals surface area (Å²) >= 11 is 0. The van der Waals surface area contributed by atoms with Gasteiger partial charge in [0.1, 0.15) is 12.1 Å². The second kappa shape index (κ2) is 37.2. The number of ketones is 2. The molecule has 5 atom stereocenters. The van der Waals surface area contributed by atoms with Gasteiger partial charge in [0.15, 0.2) is 17.5 Å². The molecule has 28 nitrogen and oxygen atoms in total. The summed E-state index contributed by atoms with van der Waals surface area (Å²) in [6, 6.07) is -3.81. The third-order valence-electron chi connectivity index (χ3n) is 13.1. The summed E-state index contributed by atoms with van der Waals surface area (Å²) in [5.74, 6) is -14.6. The summed E-state index contributed by atoms with van der Waals surface area (Å²) in [5.41, 5.74) is 10.9. The zero-order chi connectivity index (χ0) is 56.9. The van der Waals surface area contributed by atoms with Crippen molar-refractivity contribution in [2.45, 2.75) is 109 Å². The normalized spacial score (nSPS) is 17.4. The van der Waals surface area contributed by atoms with Gasteiger partial charge in [0.05, 0.1) is 55.4 Å². The van der Waals surface area contributed by atoms with Gasteiger partial charge in [-0.25, -0.2) is 0 Å². The summed E-state index contributed by atoms with van der Waals surface area (Å²) in [6.07, 6.45) is 1.31. The number of nitrogens with one attached hydrogen (secondary N) is 4. The number of carbonyl (C=O) groups is 11. The first-order valence-electron chi connectivity index (χ1n) is 25.7. The van der Waals surface area contributed by atoms with E-state index in [0.717, 1.165) is 12.8 Å². The number of carboxylic acid groups (broad SMARTS) is 5. The van der Waals surface area contributed by atoms with E-state index in [9.17, 15) is 83.4 Å². The predicted molar refractivity (Wildman–Crippen MR) is 269 cm³/mol. The molecule has 1 saturated carbocycles. The average molecular weight is 1150 g/mol. The molecule has 1 aliphatic heterocycles. The van der Waals surface area contributed by atoms with Gasteiger partial charge in [0.2, 0.25) is 23.6 Å². The van der Waals surface area contributed by atoms with E-state index in [2.05, 4.69) is 26.3 Å². The van der Waals surface area contributed by atoms with Crippen LogP contribution in [-0.2, 0) is 52.7 Å². The fraction of sp³-hybridized carbons (Fsp3) is 0.750. The first kappa shape index (κ1) is 69.3. The van der Waals surface area contributed by atoms with Crippen LogP contribution in [0.5, 0.6) is 0 Å². The number of amides is 4. The van der Waals surface area contributed by atoms with E-state index >= 15 is 0 Å². The van der Waals surface area contributed by atoms with E-state index < -0.39 is 141 Å². The summed E-state index contributed by atoms with van der Waals surface area (Å²) < 4.78 is 0. The number of carbonyl (C=O) groups excluding carboxylic acids is 9. The Morgan fingerprint density at radius 1 is 0.649 bits per heavy atom. The largest absolute Gasteiger partial charge is 3.00 e. The number of aliphatic hydroxyl groups is 1. The quantitative estimate of drug-likeness (QED) is 0.0125. The summed E-state index contributed by atoms with van der Waals surface area (Å²) in [4.78, 5) is 149. The molecular formula is C48H78GaN11O17. The molecule has 0 aromatic heterocycles. The molecule has 0 aromatic carbocycles. The van der Waals surface area contributed by atoms with Crippen LogP contribution < -0.4 is 48.1 Å². The molecule has 430 valence electrons. The van der Waals surface area contributed by atoms with Gasteiger partial charge in [0.25, 0.3) is 0 Å². The van der Waals surface area contributed by atoms with Crippen LogP contribution in [0.2, 0.25) is 0 Å². The first-order valence-corrected chi connectivity index (χ1v) is 25.7. The molecule has 2 fully saturated rings. The number of nitrogens with two attached hydrogens (primary N) is 2. The maximum atomic E-state index is 13.8. The second-order valence-electron chi connectivity index (χ2n) is 19.8. The number of guanidine groups is 1. The van der Waals surface area contributed by atoms with Crippen LogP contribution in [0.25, 0.3) is 0 Å². The second-order valence-corrected chi connectivity index (χ2v) is 19.8. The molecule has 4 amide bonds. The smallest absolute Gasteiger partial charge is 0.549 e. The molecule has 0 spiro atoms. The van der Waals surface area contributed by atoms with Gasteiger partial charge in [-0.05, 0) is 50.9 Å². The number of aliphatic imine (C=N–C) groups is 1. The molecule has 2 rings (SSSR count). The minimum absolute atomic E-state index is 0. The zero-order valence-corrected chi connectivity index (χ0v) is 46.6. The minimum Gasteiger partial charge on any atom is -0.549 e. The Morgan fingerprint density at radius 2 is 1.16 bits per heavy atom. The van der Waals surface area contributed by atoms with Crippen molar-refractivity contribution in [1.29, 1.82) is 0 Å². The van der Waals surface area contributed by atoms with Gasteiger partial charge in [-0.2, -0.15) is 0 Å². The van der Waals surface area contributed by atoms with Crippen molar-refractivity contribution < 1.29 is 83.4 Å². The van der Waals surface area contributed by atoms with E-state index in [1.54, 1.807) is 13.8 Å². The van der Waals surface area contributed by atoms with Crippen LogP contribution in [0.1, 0.15) is 90.9 Å². The number of carboxylic acids is 5. The molecular weight excluding hydrogens is 1070 g/mol. The third kappa shape index (κ3) is 29.0. The molecule has 2 unspecified atom stereocenters. The maximum absolute atomic E-state index is 13.8. The van der Waals surface area contributed by atoms with E-state index in [4.69, 9.17) is 11.5 Å². The monoisotopic (exact) mass is 1150 g/mol. The van der Waals surface area contributed by atoms with Crippen molar-refractivity contribution in [2.24, 2.45) is 40.1 Å². The predicted octanol–water partition coefficient (Wildman–Crippen LogP) is -7.58. The van der Waals surface area contributed by atoms with Gasteiger partial charge in [0, 0.05) is 104 Å². The number of hydrogen-bond acceptors (Lipinski definition) is 20. The fourth-order valence-corrected chi connectivity index (χ4v) is 9.03. The molecule has 1 aliphatic carbocycles. The van der Waals surface area contributed by atoms with Crippen molar-refractivity contribution in [2.75, 3.05) is 98.2 Å². The van der Waals surface area contributed by atoms with E-state index in [-0.39, 0.29) is 141 Å². The third-order valence-corrected chi connectivity index (χ3v) is 13.1. The van der Waals surface area contributed by atoms with Crippen LogP contribution in [0.15, 0.2) is 4.99 Å². The molecule has 77 heavy (non-hydrogen) atoms. The molecule has 0 aromatic rings. The van der Waals surface area contributed by atoms with Crippen molar-refractivity contribution >= 4 is 90.8 Å². The van der Waals surface area contributed by atoms with Gasteiger partial charge in [-0.3, -0.25) is 62.9 Å². The van der Waals surface area contributed by atoms with Crippen LogP contribution in [-0.4, -0.2) is 242 Å². The fourth-order valence-electron chi connectivity index (χ4n) is 9.03. The summed E-state index contributed by atoms with van der Waals surface area (Å²) in [6.45, 7) is 0.677. The SMILES string of the molecule is CC(C)C[C@H](NC(=O)[C@H](CC(=O)O)CC(=O)CNC(=O)C1CCCC1)C(=O)C[C@@H](CO)C(=O)NC(CCCN=C(N)N)C(=O)NCCCC(C(=O)O)N1CCN(CC(=O)[O-])CCN(CC(=O)[O-])CCN(CC(=O)[O-])CC1.[Ga+3]. The average Bonchev–Trinajstić information content (AvgIpc) is 3.88. The maximum Gasteiger partial charge on any atom is 3.00 e. The number of aliphatic hydroxyl groups excluding tert-OH is 1. The van der Waals surface area contributed by atoms with E-state index in [1.807, 2.05) is 0 Å². The molecule has 11 N–H and O–H groups in total. The van der Waals surface area contributed by atoms with Crippen molar-refractivity contribution in [3.8, 4) is 0 Å². The molecule has 1 saturated heterocycles. The Balaban J connectivity index is 0.0000296. The molecule has 29 heteroatoms. The standard InChI is InChI=1S/C48H81N11O17.Ga/c1-30(2)21-36(55-44(72)32(24-39(63)64)22-34(61)25-53-43(71)31-7-3-4-8-31)38(62)23-33(29-60)45(73)54-35(9-5-12-52-48(49)50)46(74)51-11-6-10-37(47(75)76)59-19-17-57(27-41(67)68)15-13-56(26-40(65)66)14-16-58(18-20-59)28-42(69)70;/h30-33,35-37,60H,3-29H2,1-2H3,(H,51,74)(H,53,71)(H,54,73)(H,55,72)(H,63,64)(H,65,66)(H,67,68)(H,69,70)(H,75,76)(H4,49,50,52);/q;+3/p-3/t32-,33-,35?,36-,37?;/m0./s1. The summed E-state index contributed by atoms with van der Waals surface area (Å²) in [7, 11) is 0. The molecule has 0 radical (unpaired) electrons. The Kier molecular flexibility index (Phi) is 33.4. The summed E-state index contributed by atoms with van der Waals surface area (Å²) in [5, 5.41) is 75.3. The Labute approximate surface area is 460 Å². The van der Waals surface area contributed by atoms with Crippen molar-refractivity contribution in [1.82, 2.24) is 40.9 Å². The number of aliphatic carboxylic acids is 5. The van der Waals surface area contributed by atoms with Crippen LogP contribution >= 0.6 is 0 Å². The van der Waals surface area contributed by atoms with Crippen LogP contribution in [0.4, 0.5) is 0 Å². The molecule has 0 bridgehead atoms. The number of hydrogen-bond donors (Lipinski definition) is 9. The Bertz CT molecular complexity index is 1970. The van der Waals surface area contributed by atoms with Gasteiger partial charge in [-0.15, -0.1) is 0 Å². The minimum atomic E-state index is -1.45. The molecule has 2 aliphatic rings. The van der Waals surface area contributed by atoms with E-state index in [0.29, 0.717) is 12.8 Å². The Hall–Kier alpha value is -5.72. The molecule has 1 heterocycles. The number of rotatable bonds is 34.